The van der Waals surface area contributed by atoms with E-state index in [2.05, 4.69) is 44.0 Å². The molecule has 4 nitrogen and oxygen atoms in total. The second-order valence-corrected chi connectivity index (χ2v) is 6.39. The van der Waals surface area contributed by atoms with Crippen LogP contribution in [0.4, 0.5) is 0 Å². The highest BCUT2D eigenvalue weighted by Gasteiger charge is 2.16. The van der Waals surface area contributed by atoms with E-state index in [1.54, 1.807) is 6.20 Å². The lowest BCUT2D eigenvalue weighted by atomic mass is 9.86. The predicted octanol–water partition coefficient (Wildman–Crippen LogP) is 3.90. The fourth-order valence-corrected chi connectivity index (χ4v) is 2.33. The summed E-state index contributed by atoms with van der Waals surface area (Å²) in [6, 6.07) is 12.1. The lowest BCUT2D eigenvalue weighted by Gasteiger charge is -2.19. The largest absolute Gasteiger partial charge is 0.464 e. The van der Waals surface area contributed by atoms with Gasteiger partial charge in [0.1, 0.15) is 0 Å². The number of nitriles is 1. The monoisotopic (exact) mass is 308 g/mol. The Morgan fingerprint density at radius 1 is 1.22 bits per heavy atom. The zero-order valence-corrected chi connectivity index (χ0v) is 13.9. The summed E-state index contributed by atoms with van der Waals surface area (Å²) in [5.41, 5.74) is 4.00. The Bertz CT molecular complexity index is 750. The van der Waals surface area contributed by atoms with Crippen LogP contribution < -0.4 is 0 Å². The average molecular weight is 308 g/mol. The lowest BCUT2D eigenvalue weighted by Crippen LogP contribution is -2.10. The second kappa shape index (κ2) is 6.62. The standard InChI is InChI=1S/C19H20N2O2/c1-19(2,3)16-7-5-13(6-8-16)15-11-14(9-10-20)17(21-12-15)18(22)23-4/h5-8,11-12H,9H2,1-4H3. The summed E-state index contributed by atoms with van der Waals surface area (Å²) in [6.07, 6.45) is 1.75. The van der Waals surface area contributed by atoms with Crippen LogP contribution in [0.25, 0.3) is 11.1 Å². The minimum atomic E-state index is -0.523. The van der Waals surface area contributed by atoms with Crippen molar-refractivity contribution in [1.82, 2.24) is 4.98 Å². The maximum atomic E-state index is 11.7. The molecule has 4 heteroatoms. The molecule has 0 aliphatic heterocycles. The quantitative estimate of drug-likeness (QED) is 0.807. The average Bonchev–Trinajstić information content (AvgIpc) is 2.54. The third kappa shape index (κ3) is 3.75. The molecule has 0 atom stereocenters. The molecule has 1 aromatic carbocycles. The number of ether oxygens (including phenoxy) is 1. The van der Waals surface area contributed by atoms with Crippen molar-refractivity contribution in [1.29, 1.82) is 5.26 Å². The first-order chi connectivity index (χ1) is 10.9. The molecule has 2 rings (SSSR count). The van der Waals surface area contributed by atoms with Gasteiger partial charge in [-0.3, -0.25) is 0 Å². The number of hydrogen-bond donors (Lipinski definition) is 0. The van der Waals surface area contributed by atoms with Gasteiger partial charge in [-0.25, -0.2) is 9.78 Å². The molecule has 1 heterocycles. The second-order valence-electron chi connectivity index (χ2n) is 6.39. The number of rotatable bonds is 3. The first-order valence-electron chi connectivity index (χ1n) is 7.42. The smallest absolute Gasteiger partial charge is 0.356 e. The van der Waals surface area contributed by atoms with E-state index in [1.165, 1.54) is 12.7 Å². The van der Waals surface area contributed by atoms with E-state index in [0.29, 0.717) is 5.56 Å². The number of carbonyl (C=O) groups excluding carboxylic acids is 1. The summed E-state index contributed by atoms with van der Waals surface area (Å²) in [4.78, 5) is 15.9. The molecule has 0 radical (unpaired) electrons. The van der Waals surface area contributed by atoms with Crippen LogP contribution in [-0.4, -0.2) is 18.1 Å². The van der Waals surface area contributed by atoms with Crippen LogP contribution in [0.5, 0.6) is 0 Å². The van der Waals surface area contributed by atoms with Gasteiger partial charge in [0.2, 0.25) is 0 Å². The molecule has 0 bridgehead atoms. The van der Waals surface area contributed by atoms with Crippen LogP contribution in [0.1, 0.15) is 42.4 Å². The van der Waals surface area contributed by atoms with Gasteiger partial charge in [0, 0.05) is 11.8 Å². The third-order valence-corrected chi connectivity index (χ3v) is 3.70. The van der Waals surface area contributed by atoms with E-state index in [0.717, 1.165) is 11.1 Å². The van der Waals surface area contributed by atoms with Crippen LogP contribution in [0.15, 0.2) is 36.5 Å². The van der Waals surface area contributed by atoms with Crippen molar-refractivity contribution in [3.63, 3.8) is 0 Å². The van der Waals surface area contributed by atoms with Gasteiger partial charge < -0.3 is 4.74 Å². The van der Waals surface area contributed by atoms with Crippen molar-refractivity contribution in [3.05, 3.63) is 53.3 Å². The molecule has 0 spiro atoms. The Kier molecular flexibility index (Phi) is 4.80. The van der Waals surface area contributed by atoms with Crippen molar-refractivity contribution < 1.29 is 9.53 Å². The van der Waals surface area contributed by atoms with E-state index in [4.69, 9.17) is 10.00 Å². The Hall–Kier alpha value is -2.67. The molecule has 118 valence electrons. The normalized spacial score (nSPS) is 10.9. The van der Waals surface area contributed by atoms with Gasteiger partial charge in [-0.15, -0.1) is 0 Å². The van der Waals surface area contributed by atoms with Crippen LogP contribution in [-0.2, 0) is 16.6 Å². The number of methoxy groups -OCH3 is 1. The Balaban J connectivity index is 2.42. The van der Waals surface area contributed by atoms with Gasteiger partial charge in [-0.05, 0) is 28.2 Å². The number of pyridine rings is 1. The Morgan fingerprint density at radius 3 is 2.39 bits per heavy atom. The lowest BCUT2D eigenvalue weighted by molar-refractivity contribution is 0.0593. The summed E-state index contributed by atoms with van der Waals surface area (Å²) in [5, 5.41) is 8.96. The summed E-state index contributed by atoms with van der Waals surface area (Å²) < 4.78 is 4.71. The van der Waals surface area contributed by atoms with E-state index in [1.807, 2.05) is 18.2 Å². The molecule has 1 aromatic heterocycles. The number of benzene rings is 1. The molecule has 0 unspecified atom stereocenters. The fourth-order valence-electron chi connectivity index (χ4n) is 2.33. The van der Waals surface area contributed by atoms with E-state index < -0.39 is 5.97 Å². The van der Waals surface area contributed by atoms with Crippen LogP contribution >= 0.6 is 0 Å². The summed E-state index contributed by atoms with van der Waals surface area (Å²) >= 11 is 0. The van der Waals surface area contributed by atoms with E-state index in [9.17, 15) is 4.79 Å². The molecule has 23 heavy (non-hydrogen) atoms. The van der Waals surface area contributed by atoms with Crippen LogP contribution in [0.2, 0.25) is 0 Å². The number of esters is 1. The summed E-state index contributed by atoms with van der Waals surface area (Å²) in [7, 11) is 1.30. The van der Waals surface area contributed by atoms with Gasteiger partial charge in [0.25, 0.3) is 0 Å². The SMILES string of the molecule is COC(=O)c1ncc(-c2ccc(C(C)(C)C)cc2)cc1CC#N. The maximum Gasteiger partial charge on any atom is 0.356 e. The molecule has 0 aliphatic rings. The number of nitrogens with zero attached hydrogens (tertiary/aromatic N) is 2. The first kappa shape index (κ1) is 16.7. The van der Waals surface area contributed by atoms with Gasteiger partial charge in [0.15, 0.2) is 5.69 Å². The Morgan fingerprint density at radius 2 is 1.87 bits per heavy atom. The molecule has 2 aromatic rings. The molecular weight excluding hydrogens is 288 g/mol. The molecule has 0 saturated heterocycles. The first-order valence-corrected chi connectivity index (χ1v) is 7.42. The number of carbonyl (C=O) groups is 1. The van der Waals surface area contributed by atoms with Crippen molar-refractivity contribution in [3.8, 4) is 17.2 Å². The molecule has 0 saturated carbocycles. The van der Waals surface area contributed by atoms with Crippen molar-refractivity contribution >= 4 is 5.97 Å². The topological polar surface area (TPSA) is 63.0 Å². The molecule has 0 amide bonds. The highest BCUT2D eigenvalue weighted by molar-refractivity contribution is 5.89. The van der Waals surface area contributed by atoms with E-state index >= 15 is 0 Å². The minimum absolute atomic E-state index is 0.0947. The van der Waals surface area contributed by atoms with Crippen molar-refractivity contribution in [2.24, 2.45) is 0 Å². The zero-order chi connectivity index (χ0) is 17.0. The third-order valence-electron chi connectivity index (χ3n) is 3.70. The zero-order valence-electron chi connectivity index (χ0n) is 13.9. The van der Waals surface area contributed by atoms with Crippen molar-refractivity contribution in [2.45, 2.75) is 32.6 Å². The molecule has 0 aliphatic carbocycles. The molecular formula is C19H20N2O2. The van der Waals surface area contributed by atoms with Gasteiger partial charge in [-0.2, -0.15) is 5.26 Å². The fraction of sp³-hybridized carbons (Fsp3) is 0.316. The predicted molar refractivity (Wildman–Crippen MR) is 89.0 cm³/mol. The minimum Gasteiger partial charge on any atom is -0.464 e. The van der Waals surface area contributed by atoms with Crippen LogP contribution in [0, 0.1) is 11.3 Å². The van der Waals surface area contributed by atoms with Gasteiger partial charge in [-0.1, -0.05) is 45.0 Å². The summed E-state index contributed by atoms with van der Waals surface area (Å²) in [5.74, 6) is -0.523. The highest BCUT2D eigenvalue weighted by Crippen LogP contribution is 2.27. The summed E-state index contributed by atoms with van der Waals surface area (Å²) in [6.45, 7) is 6.50. The number of hydrogen-bond acceptors (Lipinski definition) is 4. The maximum absolute atomic E-state index is 11.7. The van der Waals surface area contributed by atoms with Crippen molar-refractivity contribution in [2.75, 3.05) is 7.11 Å². The van der Waals surface area contributed by atoms with Gasteiger partial charge >= 0.3 is 5.97 Å². The Labute approximate surface area is 136 Å². The number of aromatic nitrogens is 1. The van der Waals surface area contributed by atoms with Gasteiger partial charge in [0.05, 0.1) is 19.6 Å². The van der Waals surface area contributed by atoms with E-state index in [-0.39, 0.29) is 17.5 Å². The molecule has 0 fully saturated rings. The van der Waals surface area contributed by atoms with Crippen LogP contribution in [0.3, 0.4) is 0 Å². The molecule has 0 N–H and O–H groups in total. The highest BCUT2D eigenvalue weighted by atomic mass is 16.5.